The number of carbonyl (C=O) groups excluding carboxylic acids is 2. The van der Waals surface area contributed by atoms with E-state index in [0.717, 1.165) is 42.6 Å². The number of hydrogen-bond donors (Lipinski definition) is 2. The highest BCUT2D eigenvalue weighted by atomic mass is 19.1. The summed E-state index contributed by atoms with van der Waals surface area (Å²) in [4.78, 5) is 38.6. The highest BCUT2D eigenvalue weighted by molar-refractivity contribution is 5.92. The number of allylic oxidation sites excluding steroid dienone is 1. The summed E-state index contributed by atoms with van der Waals surface area (Å²) in [6, 6.07) is 14.8. The van der Waals surface area contributed by atoms with Crippen molar-refractivity contribution in [3.63, 3.8) is 0 Å². The number of halogens is 1. The van der Waals surface area contributed by atoms with E-state index in [1.807, 2.05) is 36.1 Å². The highest BCUT2D eigenvalue weighted by Crippen LogP contribution is 2.51. The minimum absolute atomic E-state index is 0.0135. The van der Waals surface area contributed by atoms with Crippen LogP contribution in [0.15, 0.2) is 66.5 Å². The largest absolute Gasteiger partial charge is 0.380 e. The van der Waals surface area contributed by atoms with Gasteiger partial charge in [0.15, 0.2) is 0 Å². The number of nitrogens with zero attached hydrogens (tertiary/aromatic N) is 4. The fourth-order valence-electron chi connectivity index (χ4n) is 6.65. The van der Waals surface area contributed by atoms with E-state index >= 15 is 0 Å². The number of rotatable bonds is 7. The lowest BCUT2D eigenvalue weighted by Crippen LogP contribution is -2.58. The SMILES string of the molecule is C[C@@H](NC(=O)c1cncc(N2CCN(C(=O)C3COC3)CC2)n1)c1ccc(C(=C2CC3(CNC3)C2)c2ccc(F)cc2)cc1. The van der Waals surface area contributed by atoms with Gasteiger partial charge in [-0.3, -0.25) is 14.6 Å². The lowest BCUT2D eigenvalue weighted by atomic mass is 9.60. The Morgan fingerprint density at radius 1 is 0.977 bits per heavy atom. The lowest BCUT2D eigenvalue weighted by molar-refractivity contribution is -0.150. The molecule has 0 radical (unpaired) electrons. The van der Waals surface area contributed by atoms with Gasteiger partial charge in [0.2, 0.25) is 5.91 Å². The molecule has 3 aliphatic heterocycles. The topological polar surface area (TPSA) is 99.7 Å². The highest BCUT2D eigenvalue weighted by Gasteiger charge is 2.46. The van der Waals surface area contributed by atoms with Gasteiger partial charge in [0.1, 0.15) is 17.3 Å². The summed E-state index contributed by atoms with van der Waals surface area (Å²) in [5.74, 6) is 0.238. The van der Waals surface area contributed by atoms with Crippen LogP contribution in [-0.4, -0.2) is 79.2 Å². The summed E-state index contributed by atoms with van der Waals surface area (Å²) in [7, 11) is 0. The van der Waals surface area contributed by atoms with Crippen LogP contribution >= 0.6 is 0 Å². The van der Waals surface area contributed by atoms with Crippen LogP contribution in [0.5, 0.6) is 0 Å². The first kappa shape index (κ1) is 28.6. The van der Waals surface area contributed by atoms with Crippen molar-refractivity contribution in [2.45, 2.75) is 25.8 Å². The Balaban J connectivity index is 1.00. The third kappa shape index (κ3) is 5.59. The summed E-state index contributed by atoms with van der Waals surface area (Å²) >= 11 is 0. The van der Waals surface area contributed by atoms with Gasteiger partial charge in [-0.1, -0.05) is 42.0 Å². The molecule has 3 aromatic rings. The number of anilines is 1. The number of hydrogen-bond acceptors (Lipinski definition) is 7. The summed E-state index contributed by atoms with van der Waals surface area (Å²) in [5.41, 5.74) is 6.32. The number of carbonyl (C=O) groups is 2. The van der Waals surface area contributed by atoms with Crippen LogP contribution in [0, 0.1) is 17.2 Å². The molecule has 0 bridgehead atoms. The first-order valence-electron chi connectivity index (χ1n) is 15.4. The molecule has 4 heterocycles. The summed E-state index contributed by atoms with van der Waals surface area (Å²) < 4.78 is 18.9. The fraction of sp³-hybridized carbons (Fsp3) is 0.412. The van der Waals surface area contributed by atoms with Crippen LogP contribution in [-0.2, 0) is 9.53 Å². The predicted molar refractivity (Wildman–Crippen MR) is 164 cm³/mol. The van der Waals surface area contributed by atoms with E-state index in [1.54, 1.807) is 6.20 Å². The van der Waals surface area contributed by atoms with Crippen LogP contribution in [0.2, 0.25) is 0 Å². The van der Waals surface area contributed by atoms with Crippen molar-refractivity contribution >= 4 is 23.2 Å². The maximum Gasteiger partial charge on any atom is 0.272 e. The predicted octanol–water partition coefficient (Wildman–Crippen LogP) is 3.59. The lowest BCUT2D eigenvalue weighted by Gasteiger charge is -2.52. The molecule has 228 valence electrons. The Bertz CT molecular complexity index is 1570. The van der Waals surface area contributed by atoms with E-state index in [4.69, 9.17) is 4.74 Å². The Morgan fingerprint density at radius 2 is 1.64 bits per heavy atom. The molecule has 7 rings (SSSR count). The zero-order valence-electron chi connectivity index (χ0n) is 24.9. The summed E-state index contributed by atoms with van der Waals surface area (Å²) in [6.07, 6.45) is 5.26. The van der Waals surface area contributed by atoms with Crippen molar-refractivity contribution in [2.75, 3.05) is 57.4 Å². The molecule has 0 unspecified atom stereocenters. The molecule has 10 heteroatoms. The molecule has 9 nitrogen and oxygen atoms in total. The second-order valence-electron chi connectivity index (χ2n) is 12.6. The van der Waals surface area contributed by atoms with Crippen molar-refractivity contribution < 1.29 is 18.7 Å². The molecule has 2 aromatic carbocycles. The van der Waals surface area contributed by atoms with E-state index in [1.165, 1.54) is 29.5 Å². The average Bonchev–Trinajstić information content (AvgIpc) is 2.98. The van der Waals surface area contributed by atoms with Crippen LogP contribution in [0.1, 0.15) is 53.0 Å². The Hall–Kier alpha value is -4.15. The smallest absolute Gasteiger partial charge is 0.272 e. The van der Waals surface area contributed by atoms with Crippen molar-refractivity contribution in [3.8, 4) is 0 Å². The maximum absolute atomic E-state index is 13.7. The van der Waals surface area contributed by atoms with E-state index in [0.29, 0.717) is 50.6 Å². The minimum atomic E-state index is -0.294. The van der Waals surface area contributed by atoms with Gasteiger partial charge in [-0.15, -0.1) is 0 Å². The quantitative estimate of drug-likeness (QED) is 0.430. The summed E-state index contributed by atoms with van der Waals surface area (Å²) in [6.45, 7) is 7.58. The van der Waals surface area contributed by atoms with Crippen LogP contribution in [0.3, 0.4) is 0 Å². The molecular formula is C34H37FN6O3. The molecule has 3 saturated heterocycles. The number of nitrogens with one attached hydrogen (secondary N) is 2. The molecule has 2 amide bonds. The van der Waals surface area contributed by atoms with Gasteiger partial charge in [-0.05, 0) is 54.2 Å². The maximum atomic E-state index is 13.7. The minimum Gasteiger partial charge on any atom is -0.380 e. The van der Waals surface area contributed by atoms with Gasteiger partial charge in [-0.2, -0.15) is 0 Å². The number of benzene rings is 2. The molecule has 4 fully saturated rings. The van der Waals surface area contributed by atoms with Gasteiger partial charge in [0.25, 0.3) is 5.91 Å². The standard InChI is InChI=1S/C34H37FN6O3/c1-22(38-32(42)29-16-36-17-30(39-29)40-10-12-41(13-11-40)33(43)27-18-44-19-27)23-2-4-24(5-3-23)31(25-6-8-28(35)9-7-25)26-14-34(15-26)20-37-21-34/h2-9,16-17,22,27,37H,10-15,18-21H2,1H3,(H,38,42)/t22-/m1/s1. The second-order valence-corrected chi connectivity index (χ2v) is 12.6. The van der Waals surface area contributed by atoms with Gasteiger partial charge in [0, 0.05) is 44.7 Å². The molecule has 4 aliphatic rings. The molecule has 1 aliphatic carbocycles. The van der Waals surface area contributed by atoms with Crippen molar-refractivity contribution in [1.82, 2.24) is 25.5 Å². The Morgan fingerprint density at radius 3 is 2.23 bits per heavy atom. The molecule has 2 N–H and O–H groups in total. The van der Waals surface area contributed by atoms with E-state index < -0.39 is 0 Å². The Labute approximate surface area is 256 Å². The molecular weight excluding hydrogens is 559 g/mol. The van der Waals surface area contributed by atoms with Crippen molar-refractivity contribution in [1.29, 1.82) is 0 Å². The second kappa shape index (κ2) is 11.7. The Kier molecular flexibility index (Phi) is 7.63. The van der Waals surface area contributed by atoms with Crippen LogP contribution in [0.25, 0.3) is 5.57 Å². The van der Waals surface area contributed by atoms with E-state index in [2.05, 4.69) is 37.6 Å². The first-order chi connectivity index (χ1) is 21.4. The van der Waals surface area contributed by atoms with E-state index in [-0.39, 0.29) is 35.3 Å². The monoisotopic (exact) mass is 596 g/mol. The number of aromatic nitrogens is 2. The van der Waals surface area contributed by atoms with Gasteiger partial charge in [0.05, 0.1) is 37.6 Å². The van der Waals surface area contributed by atoms with Crippen LogP contribution in [0.4, 0.5) is 10.2 Å². The first-order valence-corrected chi connectivity index (χ1v) is 15.4. The molecule has 1 spiro atoms. The zero-order chi connectivity index (χ0) is 30.3. The normalized spacial score (nSPS) is 19.9. The van der Waals surface area contributed by atoms with Gasteiger partial charge in [-0.25, -0.2) is 9.37 Å². The molecule has 44 heavy (non-hydrogen) atoms. The molecule has 1 aromatic heterocycles. The van der Waals surface area contributed by atoms with Crippen molar-refractivity contribution in [3.05, 3.63) is 94.7 Å². The van der Waals surface area contributed by atoms with E-state index in [9.17, 15) is 14.0 Å². The number of amides is 2. The van der Waals surface area contributed by atoms with Gasteiger partial charge >= 0.3 is 0 Å². The third-order valence-electron chi connectivity index (χ3n) is 9.47. The number of piperazine rings is 1. The number of ether oxygens (including phenoxy) is 1. The average molecular weight is 597 g/mol. The van der Waals surface area contributed by atoms with Gasteiger partial charge < -0.3 is 25.2 Å². The molecule has 1 saturated carbocycles. The fourth-order valence-corrected chi connectivity index (χ4v) is 6.65. The third-order valence-corrected chi connectivity index (χ3v) is 9.47. The van der Waals surface area contributed by atoms with Crippen LogP contribution < -0.4 is 15.5 Å². The van der Waals surface area contributed by atoms with Crippen molar-refractivity contribution in [2.24, 2.45) is 11.3 Å². The summed E-state index contributed by atoms with van der Waals surface area (Å²) in [5, 5.41) is 6.46. The molecule has 1 atom stereocenters. The zero-order valence-corrected chi connectivity index (χ0v) is 24.9.